The minimum absolute atomic E-state index is 0.00710. The summed E-state index contributed by atoms with van der Waals surface area (Å²) in [4.78, 5) is 243. The lowest BCUT2D eigenvalue weighted by atomic mass is 9.98. The number of carbonyl (C=O) groups is 15. The van der Waals surface area contributed by atoms with Crippen LogP contribution in [0.2, 0.25) is 0 Å². The average molecular weight is 1900 g/mol. The average Bonchev–Trinajstić information content (AvgIpc) is 1.70. The van der Waals surface area contributed by atoms with Gasteiger partial charge in [0.25, 0.3) is 0 Å². The molecule has 1 unspecified atom stereocenters. The number of aromatic nitrogens is 4. The number of fused-ring (bicyclic) bond motifs is 4. The molecule has 3 fully saturated rings. The summed E-state index contributed by atoms with van der Waals surface area (Å²) in [7, 11) is 4.05. The van der Waals surface area contributed by atoms with E-state index in [-0.39, 0.29) is 115 Å². The maximum Gasteiger partial charge on any atom is 0.245 e. The van der Waals surface area contributed by atoms with Crippen LogP contribution in [0.5, 0.6) is 5.75 Å². The summed E-state index contributed by atoms with van der Waals surface area (Å²) in [6.07, 6.45) is 6.29. The lowest BCUT2D eigenvalue weighted by Crippen LogP contribution is -2.62. The van der Waals surface area contributed by atoms with Gasteiger partial charge in [0.05, 0.1) is 43.1 Å². The third-order valence-electron chi connectivity index (χ3n) is 24.8. The molecule has 3 saturated heterocycles. The Bertz CT molecular complexity index is 5090. The van der Waals surface area contributed by atoms with Gasteiger partial charge in [-0.05, 0) is 131 Å². The molecule has 3 aromatic carbocycles. The van der Waals surface area contributed by atoms with Crippen LogP contribution in [0.25, 0.3) is 21.8 Å². The first-order valence-corrected chi connectivity index (χ1v) is 47.2. The van der Waals surface area contributed by atoms with Gasteiger partial charge in [-0.1, -0.05) is 102 Å². The molecule has 15 amide bonds. The molecular weight excluding hydrogens is 1760 g/mol. The first kappa shape index (κ1) is 106. The number of nitrogens with two attached hydrogens (primary N) is 3. The Kier molecular flexibility index (Phi) is 40.1. The molecule has 0 spiro atoms. The number of amides is 15. The number of primary amides is 1. The van der Waals surface area contributed by atoms with E-state index >= 15 is 33.6 Å². The van der Waals surface area contributed by atoms with E-state index in [4.69, 9.17) is 22.6 Å². The second-order valence-electron chi connectivity index (χ2n) is 35.4. The maximum absolute atomic E-state index is 15.8. The Morgan fingerprint density at radius 1 is 0.585 bits per heavy atom. The predicted octanol–water partition coefficient (Wildman–Crippen LogP) is -1.59. The first-order valence-electron chi connectivity index (χ1n) is 46.1. The zero-order chi connectivity index (χ0) is 98.4. The fraction of sp³-hybridized carbons (Fsp3) is 0.554. The van der Waals surface area contributed by atoms with E-state index in [2.05, 4.69) is 78.4 Å². The number of thioether (sulfide) groups is 1. The molecule has 16 atom stereocenters. The van der Waals surface area contributed by atoms with Crippen LogP contribution in [0.15, 0.2) is 97.7 Å². The number of likely N-dealkylation sites (N-methyl/N-ethyl adjacent to an activating group) is 3. The number of rotatable bonds is 26. The molecule has 0 aliphatic carbocycles. The van der Waals surface area contributed by atoms with Gasteiger partial charge in [0, 0.05) is 118 Å². The van der Waals surface area contributed by atoms with Gasteiger partial charge in [-0.2, -0.15) is 0 Å². The number of nitrogens with zero attached hydrogens (tertiary/aromatic N) is 6. The fourth-order valence-corrected chi connectivity index (χ4v) is 18.1. The number of nitrogens with one attached hydrogen (secondary N) is 15. The van der Waals surface area contributed by atoms with Crippen molar-refractivity contribution in [1.29, 1.82) is 5.41 Å². The van der Waals surface area contributed by atoms with Gasteiger partial charge < -0.3 is 130 Å². The number of aliphatic hydroxyl groups is 2. The van der Waals surface area contributed by atoms with Crippen molar-refractivity contribution in [3.8, 4) is 5.75 Å². The van der Waals surface area contributed by atoms with Gasteiger partial charge in [0.2, 0.25) is 88.6 Å². The molecule has 0 radical (unpaired) electrons. The van der Waals surface area contributed by atoms with Crippen LogP contribution >= 0.6 is 11.8 Å². The molecule has 6 aromatic rings. The lowest BCUT2D eigenvalue weighted by Gasteiger charge is -2.36. The van der Waals surface area contributed by atoms with E-state index in [0.29, 0.717) is 65.4 Å². The van der Waals surface area contributed by atoms with Crippen molar-refractivity contribution in [1.82, 2.24) is 103 Å². The molecular formula is C92H134N24O18S. The lowest BCUT2D eigenvalue weighted by molar-refractivity contribution is -0.149. The van der Waals surface area contributed by atoms with Crippen LogP contribution in [0.4, 0.5) is 0 Å². The topological polar surface area (TPSA) is 627 Å². The summed E-state index contributed by atoms with van der Waals surface area (Å²) < 4.78 is 0. The number of hydrogen-bond acceptors (Lipinski definition) is 23. The number of benzene rings is 3. The molecule has 43 heteroatoms. The molecule has 0 bridgehead atoms. The third-order valence-corrected chi connectivity index (χ3v) is 25.9. The van der Waals surface area contributed by atoms with Crippen molar-refractivity contribution in [3.05, 3.63) is 120 Å². The quantitative estimate of drug-likeness (QED) is 0.0165. The monoisotopic (exact) mass is 1900 g/mol. The normalized spacial score (nSPS) is 25.4. The largest absolute Gasteiger partial charge is 0.508 e. The highest BCUT2D eigenvalue weighted by Gasteiger charge is 2.46. The third kappa shape index (κ3) is 29.6. The number of aromatic hydroxyl groups is 1. The van der Waals surface area contributed by atoms with E-state index in [1.165, 1.54) is 84.5 Å². The van der Waals surface area contributed by atoms with E-state index in [1.54, 1.807) is 37.5 Å². The smallest absolute Gasteiger partial charge is 0.245 e. The minimum atomic E-state index is -1.77. The second kappa shape index (κ2) is 51.1. The van der Waals surface area contributed by atoms with Crippen LogP contribution in [0, 0.1) is 11.3 Å². The maximum atomic E-state index is 15.8. The van der Waals surface area contributed by atoms with E-state index in [9.17, 15) is 53.7 Å². The SMILES string of the molecule is CCCC[C@H]1C(=O)N(C)[C@@H](CCCC)C(=O)N[C@@H](CCCNC(=N)N)C(=O)N[C@H](C(=O)NCC(N)=O)CSCC(=O)N[C@@H](Cc2ccc(O)cc2)C(=O)N(C)[C@@H](C)C(=O)N[C@@H](CCN)C(=O)N2CCC[C@H]2C(=O)N[C@@H](Cc2c[nH]cn2)C(=O)N[C@@H](CC(C)C)C(=O)N2C[C@H](O)C[C@H]2C(C)N[C@@H](Cc2c[nH]c3ccccc23)C(=O)N[C@@H](CO)C(=O)N[C@@H](Cc2c[nH]c3ccccc23)C(=O)N1C. The van der Waals surface area contributed by atoms with Crippen molar-refractivity contribution in [2.75, 3.05) is 72.0 Å². The number of hydrogen-bond donors (Lipinski definition) is 21. The van der Waals surface area contributed by atoms with Gasteiger partial charge >= 0.3 is 0 Å². The Morgan fingerprint density at radius 2 is 1.15 bits per heavy atom. The zero-order valence-corrected chi connectivity index (χ0v) is 78.8. The van der Waals surface area contributed by atoms with Gasteiger partial charge in [-0.3, -0.25) is 77.3 Å². The highest BCUT2D eigenvalue weighted by atomic mass is 32.2. The van der Waals surface area contributed by atoms with Crippen molar-refractivity contribution < 1.29 is 87.2 Å². The molecule has 0 saturated carbocycles. The number of para-hydroxylation sites is 2. The van der Waals surface area contributed by atoms with Gasteiger partial charge in [-0.25, -0.2) is 4.98 Å². The van der Waals surface area contributed by atoms with Crippen LogP contribution in [-0.2, 0) is 97.6 Å². The highest BCUT2D eigenvalue weighted by molar-refractivity contribution is 8.00. The molecule has 135 heavy (non-hydrogen) atoms. The summed E-state index contributed by atoms with van der Waals surface area (Å²) in [6.45, 7) is 8.40. The number of carbonyl (C=O) groups excluding carboxylic acids is 15. The molecule has 3 aliphatic heterocycles. The Hall–Kier alpha value is -12.7. The van der Waals surface area contributed by atoms with Crippen molar-refractivity contribution in [2.45, 2.75) is 247 Å². The first-order chi connectivity index (χ1) is 64.4. The number of phenols is 1. The van der Waals surface area contributed by atoms with Gasteiger partial charge in [0.15, 0.2) is 5.96 Å². The molecule has 24 N–H and O–H groups in total. The van der Waals surface area contributed by atoms with Gasteiger partial charge in [0.1, 0.15) is 78.3 Å². The van der Waals surface area contributed by atoms with E-state index in [1.807, 2.05) is 58.0 Å². The summed E-state index contributed by atoms with van der Waals surface area (Å²) in [5.74, 6) is -14.2. The number of phenolic OH excluding ortho intramolecular Hbond substituents is 1. The van der Waals surface area contributed by atoms with Crippen LogP contribution in [0.1, 0.15) is 147 Å². The van der Waals surface area contributed by atoms with Crippen molar-refractivity contribution in [3.63, 3.8) is 0 Å². The highest BCUT2D eigenvalue weighted by Crippen LogP contribution is 2.29. The van der Waals surface area contributed by atoms with Crippen molar-refractivity contribution >= 4 is 128 Å². The summed E-state index contributed by atoms with van der Waals surface area (Å²) in [5.41, 5.74) is 20.6. The number of guanidine groups is 1. The zero-order valence-electron chi connectivity index (χ0n) is 78.0. The minimum Gasteiger partial charge on any atom is -0.508 e. The second-order valence-corrected chi connectivity index (χ2v) is 36.4. The summed E-state index contributed by atoms with van der Waals surface area (Å²) in [6, 6.07) is -0.179. The summed E-state index contributed by atoms with van der Waals surface area (Å²) in [5, 5.41) is 73.0. The Balaban J connectivity index is 1.10. The number of aliphatic hydroxyl groups excluding tert-OH is 2. The number of H-pyrrole nitrogens is 3. The van der Waals surface area contributed by atoms with E-state index < -0.39 is 216 Å². The fourth-order valence-electron chi connectivity index (χ4n) is 17.3. The number of unbranched alkanes of at least 4 members (excludes halogenated alkanes) is 2. The molecule has 42 nitrogen and oxygen atoms in total. The van der Waals surface area contributed by atoms with Gasteiger partial charge in [-0.15, -0.1) is 11.8 Å². The molecule has 3 aromatic heterocycles. The standard InChI is InChI=1S/C92H134N24O18S/c1-10-12-25-73-85(128)105-64(24-18-34-98-92(95)96)81(124)111-72(80(123)101-45-77(94)120)48-135-49-78(121)104-69(37-54-28-30-58(118)31-29-54)87(130)112(7)53(6)79(122)106-65(32-33-93)89(132)115-35-19-27-74(115)86(129)107-67(40-57-44-97-50-102-57)83(126)108-68(36-51(3)4)90(133)116-46-59(119)41-76(116)52(5)103-66(38-55-42-99-62-22-16-14-20-60(55)62)82(125)110-71(47-117)84(127)109-70(39-56-43-100-63-23-17-15-21-61(56)63)88(131)114(9)75(26-13-11-2)91(134)113(73)8/h14-17,20-23,28-31,42-44,50-53,59,64-76,99-100,103,117-119H,10-13,18-19,24-27,32-41,45-49,93H2,1-9H3,(H2,94,120)(H,97,102)(H,101,123)(H,104,121)(H,105,128)(H,106,122)(H,107,129)(H,108,126)(H,109,127)(H,110,125)(H,111,124)(H4,95,96,98)/t52?,53-,59+,64-,65-,66-,67-,68-,69-,70-,71-,72-,73-,74-,75-,76-/m0/s1. The Labute approximate surface area is 788 Å². The number of aromatic amines is 3. The van der Waals surface area contributed by atoms with E-state index in [0.717, 1.165) is 27.6 Å². The van der Waals surface area contributed by atoms with Crippen LogP contribution < -0.4 is 75.7 Å². The number of imidazole rings is 1. The summed E-state index contributed by atoms with van der Waals surface area (Å²) >= 11 is 0.797. The molecule has 3 aliphatic rings. The molecule has 9 rings (SSSR count). The predicted molar refractivity (Wildman–Crippen MR) is 504 cm³/mol. The Morgan fingerprint density at radius 3 is 1.76 bits per heavy atom. The molecule has 6 heterocycles. The van der Waals surface area contributed by atoms with Crippen LogP contribution in [-0.4, -0.2) is 323 Å². The van der Waals surface area contributed by atoms with Crippen LogP contribution in [0.3, 0.4) is 0 Å². The molecule has 736 valence electrons. The van der Waals surface area contributed by atoms with Crippen molar-refractivity contribution in [2.24, 2.45) is 23.1 Å².